The molecule has 2 aromatic carbocycles. The first kappa shape index (κ1) is 13.8. The van der Waals surface area contributed by atoms with Gasteiger partial charge in [-0.1, -0.05) is 42.5 Å². The first-order valence-corrected chi connectivity index (χ1v) is 7.55. The van der Waals surface area contributed by atoms with Crippen LogP contribution in [0.3, 0.4) is 0 Å². The lowest BCUT2D eigenvalue weighted by atomic mass is 10.1. The summed E-state index contributed by atoms with van der Waals surface area (Å²) < 4.78 is 5.77. The van der Waals surface area contributed by atoms with Gasteiger partial charge in [0.25, 0.3) is 0 Å². The molecule has 0 aliphatic carbocycles. The molecule has 1 atom stereocenters. The average Bonchev–Trinajstić information content (AvgIpc) is 3.08. The monoisotopic (exact) mass is 297 g/mol. The lowest BCUT2D eigenvalue weighted by Crippen LogP contribution is -2.00. The van der Waals surface area contributed by atoms with E-state index in [0.717, 1.165) is 16.9 Å². The Kier molecular flexibility index (Phi) is 4.28. The summed E-state index contributed by atoms with van der Waals surface area (Å²) in [5, 5.41) is 12.8. The van der Waals surface area contributed by atoms with E-state index >= 15 is 0 Å². The van der Waals surface area contributed by atoms with Gasteiger partial charge in [0.1, 0.15) is 23.5 Å². The number of hydrogen-bond acceptors (Lipinski definition) is 4. The Balaban J connectivity index is 1.71. The van der Waals surface area contributed by atoms with Crippen molar-refractivity contribution in [3.05, 3.63) is 82.3 Å². The third-order valence-electron chi connectivity index (χ3n) is 3.11. The molecule has 3 aromatic rings. The summed E-state index contributed by atoms with van der Waals surface area (Å²) in [5.41, 5.74) is 1.90. The Morgan fingerprint density at radius 1 is 1.10 bits per heavy atom. The first-order valence-electron chi connectivity index (χ1n) is 6.67. The molecular weight excluding hydrogens is 282 g/mol. The normalized spacial score (nSPS) is 12.0. The molecule has 0 saturated heterocycles. The molecule has 0 spiro atoms. The highest BCUT2D eigenvalue weighted by Crippen LogP contribution is 2.26. The number of rotatable bonds is 5. The van der Waals surface area contributed by atoms with Crippen LogP contribution in [0.15, 0.2) is 66.2 Å². The van der Waals surface area contributed by atoms with Gasteiger partial charge in [-0.2, -0.15) is 0 Å². The predicted octanol–water partition coefficient (Wildman–Crippen LogP) is 3.80. The highest BCUT2D eigenvalue weighted by molar-refractivity contribution is 7.09. The minimum Gasteiger partial charge on any atom is -0.489 e. The lowest BCUT2D eigenvalue weighted by molar-refractivity contribution is 0.218. The summed E-state index contributed by atoms with van der Waals surface area (Å²) in [5.74, 6) is 0.743. The number of thiazole rings is 1. The first-order chi connectivity index (χ1) is 10.3. The van der Waals surface area contributed by atoms with Gasteiger partial charge in [-0.05, 0) is 23.3 Å². The largest absolute Gasteiger partial charge is 0.489 e. The molecule has 0 fully saturated rings. The summed E-state index contributed by atoms with van der Waals surface area (Å²) >= 11 is 1.44. The van der Waals surface area contributed by atoms with Crippen molar-refractivity contribution in [2.45, 2.75) is 12.7 Å². The van der Waals surface area contributed by atoms with Crippen molar-refractivity contribution in [2.75, 3.05) is 0 Å². The van der Waals surface area contributed by atoms with E-state index < -0.39 is 6.10 Å². The topological polar surface area (TPSA) is 42.4 Å². The average molecular weight is 297 g/mol. The number of nitrogens with zero attached hydrogens (tertiary/aromatic N) is 1. The van der Waals surface area contributed by atoms with Crippen LogP contribution in [0.2, 0.25) is 0 Å². The molecule has 0 aliphatic rings. The van der Waals surface area contributed by atoms with Gasteiger partial charge in [0.05, 0.1) is 0 Å². The van der Waals surface area contributed by atoms with Crippen molar-refractivity contribution in [3.8, 4) is 5.75 Å². The van der Waals surface area contributed by atoms with Gasteiger partial charge >= 0.3 is 0 Å². The maximum Gasteiger partial charge on any atom is 0.131 e. The fourth-order valence-electron chi connectivity index (χ4n) is 2.03. The third kappa shape index (κ3) is 3.48. The van der Waals surface area contributed by atoms with Crippen LogP contribution in [0.1, 0.15) is 22.2 Å². The van der Waals surface area contributed by atoms with Crippen LogP contribution in [0.25, 0.3) is 0 Å². The van der Waals surface area contributed by atoms with Gasteiger partial charge in [0.2, 0.25) is 0 Å². The standard InChI is InChI=1S/C17H15NO2S/c19-16(17-18-9-10-21-17)14-7-4-8-15(11-14)20-12-13-5-2-1-3-6-13/h1-11,16,19H,12H2. The lowest BCUT2D eigenvalue weighted by Gasteiger charge is -2.11. The Bertz CT molecular complexity index is 683. The van der Waals surface area contributed by atoms with Gasteiger partial charge in [0.15, 0.2) is 0 Å². The molecule has 3 nitrogen and oxygen atoms in total. The molecule has 1 N–H and O–H groups in total. The fraction of sp³-hybridized carbons (Fsp3) is 0.118. The summed E-state index contributed by atoms with van der Waals surface area (Å²) in [6.07, 6.45) is 0.990. The van der Waals surface area contributed by atoms with Crippen LogP contribution in [0.4, 0.5) is 0 Å². The van der Waals surface area contributed by atoms with E-state index in [2.05, 4.69) is 4.98 Å². The number of ether oxygens (including phenoxy) is 1. The van der Waals surface area contributed by atoms with E-state index in [1.54, 1.807) is 6.20 Å². The zero-order chi connectivity index (χ0) is 14.5. The smallest absolute Gasteiger partial charge is 0.131 e. The SMILES string of the molecule is OC(c1cccc(OCc2ccccc2)c1)c1nccs1. The molecule has 1 heterocycles. The van der Waals surface area contributed by atoms with E-state index in [0.29, 0.717) is 11.6 Å². The zero-order valence-corrected chi connectivity index (χ0v) is 12.2. The highest BCUT2D eigenvalue weighted by atomic mass is 32.1. The van der Waals surface area contributed by atoms with Crippen molar-refractivity contribution in [1.29, 1.82) is 0 Å². The van der Waals surface area contributed by atoms with Gasteiger partial charge in [0, 0.05) is 11.6 Å². The fourth-order valence-corrected chi connectivity index (χ4v) is 2.68. The third-order valence-corrected chi connectivity index (χ3v) is 3.94. The van der Waals surface area contributed by atoms with Gasteiger partial charge in [-0.15, -0.1) is 11.3 Å². The summed E-state index contributed by atoms with van der Waals surface area (Å²) in [6.45, 7) is 0.512. The van der Waals surface area contributed by atoms with Gasteiger partial charge in [-0.3, -0.25) is 0 Å². The second-order valence-electron chi connectivity index (χ2n) is 4.62. The number of aliphatic hydroxyl groups excluding tert-OH is 1. The molecule has 0 saturated carbocycles. The molecule has 106 valence electrons. The van der Waals surface area contributed by atoms with Crippen molar-refractivity contribution in [1.82, 2.24) is 4.98 Å². The Labute approximate surface area is 127 Å². The van der Waals surface area contributed by atoms with E-state index in [1.807, 2.05) is 60.0 Å². The second-order valence-corrected chi connectivity index (χ2v) is 5.55. The van der Waals surface area contributed by atoms with E-state index in [4.69, 9.17) is 4.74 Å². The summed E-state index contributed by atoms with van der Waals surface area (Å²) in [6, 6.07) is 17.5. The number of benzene rings is 2. The quantitative estimate of drug-likeness (QED) is 0.779. The van der Waals surface area contributed by atoms with Crippen LogP contribution >= 0.6 is 11.3 Å². The summed E-state index contributed by atoms with van der Waals surface area (Å²) in [7, 11) is 0. The zero-order valence-electron chi connectivity index (χ0n) is 11.3. The van der Waals surface area contributed by atoms with Crippen molar-refractivity contribution >= 4 is 11.3 Å². The molecule has 3 rings (SSSR count). The van der Waals surface area contributed by atoms with Crippen LogP contribution in [0, 0.1) is 0 Å². The van der Waals surface area contributed by atoms with E-state index in [1.165, 1.54) is 11.3 Å². The maximum atomic E-state index is 10.3. The van der Waals surface area contributed by atoms with E-state index in [-0.39, 0.29) is 0 Å². The minimum atomic E-state index is -0.703. The molecule has 1 aromatic heterocycles. The minimum absolute atomic E-state index is 0.512. The Morgan fingerprint density at radius 2 is 1.95 bits per heavy atom. The number of aliphatic hydroxyl groups is 1. The maximum absolute atomic E-state index is 10.3. The van der Waals surface area contributed by atoms with Gasteiger partial charge in [-0.25, -0.2) is 4.98 Å². The van der Waals surface area contributed by atoms with Crippen LogP contribution < -0.4 is 4.74 Å². The Hall–Kier alpha value is -2.17. The molecule has 21 heavy (non-hydrogen) atoms. The molecule has 0 bridgehead atoms. The summed E-state index contributed by atoms with van der Waals surface area (Å²) in [4.78, 5) is 4.14. The Morgan fingerprint density at radius 3 is 2.71 bits per heavy atom. The van der Waals surface area contributed by atoms with Crippen molar-refractivity contribution in [2.24, 2.45) is 0 Å². The second kappa shape index (κ2) is 6.52. The van der Waals surface area contributed by atoms with Gasteiger partial charge < -0.3 is 9.84 Å². The predicted molar refractivity (Wildman–Crippen MR) is 83.4 cm³/mol. The van der Waals surface area contributed by atoms with Crippen LogP contribution in [-0.2, 0) is 6.61 Å². The highest BCUT2D eigenvalue weighted by Gasteiger charge is 2.13. The van der Waals surface area contributed by atoms with Crippen molar-refractivity contribution in [3.63, 3.8) is 0 Å². The molecular formula is C17H15NO2S. The van der Waals surface area contributed by atoms with Crippen LogP contribution in [0.5, 0.6) is 5.75 Å². The van der Waals surface area contributed by atoms with Crippen LogP contribution in [-0.4, -0.2) is 10.1 Å². The number of hydrogen-bond donors (Lipinski definition) is 1. The van der Waals surface area contributed by atoms with Crippen molar-refractivity contribution < 1.29 is 9.84 Å². The molecule has 0 aliphatic heterocycles. The molecule has 1 unspecified atom stereocenters. The molecule has 4 heteroatoms. The van der Waals surface area contributed by atoms with E-state index in [9.17, 15) is 5.11 Å². The number of aromatic nitrogens is 1. The molecule has 0 amide bonds. The molecule has 0 radical (unpaired) electrons.